The van der Waals surface area contributed by atoms with Gasteiger partial charge < -0.3 is 10.1 Å². The molecule has 3 amide bonds. The Kier molecular flexibility index (Phi) is 4.58. The molecule has 1 saturated heterocycles. The van der Waals surface area contributed by atoms with Crippen LogP contribution in [0.4, 0.5) is 9.18 Å². The standard InChI is InChI=1S/C21H19FN2O4/c22-16-8-6-15(7-9-16)21(10-11-21)19(26)23-17(14-4-2-1-3-5-14)12-24-18(25)13-28-20(24)27/h1-9,17H,10-13H2,(H,23,26). The molecule has 0 spiro atoms. The second-order valence-electron chi connectivity index (χ2n) is 7.08. The molecule has 0 radical (unpaired) electrons. The second-order valence-corrected chi connectivity index (χ2v) is 7.08. The number of amides is 3. The van der Waals surface area contributed by atoms with Crippen LogP contribution in [0, 0.1) is 5.82 Å². The monoisotopic (exact) mass is 382 g/mol. The van der Waals surface area contributed by atoms with E-state index in [1.807, 2.05) is 30.3 Å². The molecule has 1 atom stereocenters. The minimum atomic E-state index is -0.708. The van der Waals surface area contributed by atoms with Crippen LogP contribution in [-0.2, 0) is 19.7 Å². The van der Waals surface area contributed by atoms with Crippen molar-refractivity contribution in [1.82, 2.24) is 10.2 Å². The van der Waals surface area contributed by atoms with Crippen molar-refractivity contribution in [2.24, 2.45) is 0 Å². The molecular formula is C21H19FN2O4. The van der Waals surface area contributed by atoms with Gasteiger partial charge in [0.15, 0.2) is 6.61 Å². The lowest BCUT2D eigenvalue weighted by Gasteiger charge is -2.25. The average molecular weight is 382 g/mol. The average Bonchev–Trinajstić information content (AvgIpc) is 3.46. The quantitative estimate of drug-likeness (QED) is 0.834. The Balaban J connectivity index is 1.57. The van der Waals surface area contributed by atoms with Crippen LogP contribution in [0.5, 0.6) is 0 Å². The molecule has 1 heterocycles. The molecule has 1 aliphatic carbocycles. The molecule has 144 valence electrons. The highest BCUT2D eigenvalue weighted by Gasteiger charge is 2.51. The number of halogens is 1. The number of carbonyl (C=O) groups is 3. The number of nitrogens with one attached hydrogen (secondary N) is 1. The van der Waals surface area contributed by atoms with Crippen molar-refractivity contribution in [3.05, 3.63) is 71.5 Å². The highest BCUT2D eigenvalue weighted by atomic mass is 19.1. The van der Waals surface area contributed by atoms with Gasteiger partial charge in [-0.25, -0.2) is 14.1 Å². The number of benzene rings is 2. The number of rotatable bonds is 6. The molecule has 2 aromatic rings. The van der Waals surface area contributed by atoms with Gasteiger partial charge in [-0.3, -0.25) is 9.59 Å². The summed E-state index contributed by atoms with van der Waals surface area (Å²) < 4.78 is 18.0. The summed E-state index contributed by atoms with van der Waals surface area (Å²) in [5.74, 6) is -0.985. The van der Waals surface area contributed by atoms with Gasteiger partial charge in [-0.2, -0.15) is 0 Å². The topological polar surface area (TPSA) is 75.7 Å². The van der Waals surface area contributed by atoms with E-state index in [1.165, 1.54) is 12.1 Å². The van der Waals surface area contributed by atoms with Gasteiger partial charge in [-0.15, -0.1) is 0 Å². The first-order valence-corrected chi connectivity index (χ1v) is 9.09. The molecule has 7 heteroatoms. The largest absolute Gasteiger partial charge is 0.439 e. The zero-order valence-corrected chi connectivity index (χ0v) is 15.1. The lowest BCUT2D eigenvalue weighted by molar-refractivity contribution is -0.128. The summed E-state index contributed by atoms with van der Waals surface area (Å²) in [6.45, 7) is -0.291. The van der Waals surface area contributed by atoms with Gasteiger partial charge in [0.1, 0.15) is 5.82 Å². The van der Waals surface area contributed by atoms with Crippen LogP contribution in [0.2, 0.25) is 0 Å². The number of hydrogen-bond donors (Lipinski definition) is 1. The Morgan fingerprint density at radius 2 is 1.79 bits per heavy atom. The first-order chi connectivity index (χ1) is 13.5. The predicted molar refractivity (Wildman–Crippen MR) is 97.7 cm³/mol. The Hall–Kier alpha value is -3.22. The van der Waals surface area contributed by atoms with Crippen molar-refractivity contribution in [3.63, 3.8) is 0 Å². The van der Waals surface area contributed by atoms with E-state index in [0.29, 0.717) is 12.8 Å². The van der Waals surface area contributed by atoms with Gasteiger partial charge in [-0.05, 0) is 36.1 Å². The lowest BCUT2D eigenvalue weighted by atomic mass is 9.94. The van der Waals surface area contributed by atoms with Crippen LogP contribution < -0.4 is 5.32 Å². The van der Waals surface area contributed by atoms with Crippen molar-refractivity contribution in [1.29, 1.82) is 0 Å². The summed E-state index contributed by atoms with van der Waals surface area (Å²) in [5.41, 5.74) is 0.837. The third-order valence-corrected chi connectivity index (χ3v) is 5.29. The summed E-state index contributed by atoms with van der Waals surface area (Å²) in [5, 5.41) is 2.98. The minimum Gasteiger partial charge on any atom is -0.439 e. The molecule has 2 aromatic carbocycles. The van der Waals surface area contributed by atoms with E-state index in [-0.39, 0.29) is 24.9 Å². The summed E-state index contributed by atoms with van der Waals surface area (Å²) in [6.07, 6.45) is 0.618. The Morgan fingerprint density at radius 3 is 2.36 bits per heavy atom. The number of imide groups is 1. The summed E-state index contributed by atoms with van der Waals surface area (Å²) in [7, 11) is 0. The number of carbonyl (C=O) groups excluding carboxylic acids is 3. The fourth-order valence-electron chi connectivity index (χ4n) is 3.50. The van der Waals surface area contributed by atoms with Crippen molar-refractivity contribution in [2.45, 2.75) is 24.3 Å². The van der Waals surface area contributed by atoms with E-state index < -0.39 is 23.5 Å². The fraction of sp³-hybridized carbons (Fsp3) is 0.286. The maximum absolute atomic E-state index is 13.2. The molecule has 0 aromatic heterocycles. The van der Waals surface area contributed by atoms with Crippen LogP contribution in [0.25, 0.3) is 0 Å². The van der Waals surface area contributed by atoms with E-state index in [2.05, 4.69) is 5.32 Å². The van der Waals surface area contributed by atoms with Crippen LogP contribution >= 0.6 is 0 Å². The number of cyclic esters (lactones) is 1. The van der Waals surface area contributed by atoms with E-state index in [9.17, 15) is 18.8 Å². The summed E-state index contributed by atoms with van der Waals surface area (Å²) >= 11 is 0. The van der Waals surface area contributed by atoms with Crippen molar-refractivity contribution in [2.75, 3.05) is 13.2 Å². The fourth-order valence-corrected chi connectivity index (χ4v) is 3.50. The van der Waals surface area contributed by atoms with Crippen molar-refractivity contribution >= 4 is 17.9 Å². The smallest absolute Gasteiger partial charge is 0.417 e. The molecule has 1 N–H and O–H groups in total. The van der Waals surface area contributed by atoms with Crippen LogP contribution in [0.3, 0.4) is 0 Å². The van der Waals surface area contributed by atoms with Crippen LogP contribution in [-0.4, -0.2) is 36.0 Å². The first kappa shape index (κ1) is 18.2. The SMILES string of the molecule is O=C1COC(=O)N1CC(NC(=O)C1(c2ccc(F)cc2)CC1)c1ccccc1. The Labute approximate surface area is 161 Å². The Bertz CT molecular complexity index is 894. The second kappa shape index (κ2) is 7.07. The number of nitrogens with zero attached hydrogens (tertiary/aromatic N) is 1. The molecule has 28 heavy (non-hydrogen) atoms. The molecule has 1 aliphatic heterocycles. The molecule has 4 rings (SSSR count). The molecular weight excluding hydrogens is 363 g/mol. The van der Waals surface area contributed by atoms with Crippen LogP contribution in [0.15, 0.2) is 54.6 Å². The summed E-state index contributed by atoms with van der Waals surface area (Å²) in [4.78, 5) is 37.9. The van der Waals surface area contributed by atoms with Crippen molar-refractivity contribution < 1.29 is 23.5 Å². The van der Waals surface area contributed by atoms with E-state index >= 15 is 0 Å². The number of ether oxygens (including phenoxy) is 1. The van der Waals surface area contributed by atoms with Gasteiger partial charge in [-0.1, -0.05) is 42.5 Å². The summed E-state index contributed by atoms with van der Waals surface area (Å²) in [6, 6.07) is 14.5. The maximum atomic E-state index is 13.2. The molecule has 1 saturated carbocycles. The van der Waals surface area contributed by atoms with Gasteiger partial charge in [0.05, 0.1) is 18.0 Å². The third-order valence-electron chi connectivity index (χ3n) is 5.29. The molecule has 0 bridgehead atoms. The number of hydrogen-bond acceptors (Lipinski definition) is 4. The van der Waals surface area contributed by atoms with Gasteiger partial charge in [0.25, 0.3) is 5.91 Å². The zero-order valence-electron chi connectivity index (χ0n) is 15.1. The molecule has 1 unspecified atom stereocenters. The molecule has 2 aliphatic rings. The van der Waals surface area contributed by atoms with Crippen LogP contribution in [0.1, 0.15) is 30.0 Å². The minimum absolute atomic E-state index is 0.00703. The zero-order chi connectivity index (χ0) is 19.7. The van der Waals surface area contributed by atoms with Gasteiger partial charge >= 0.3 is 6.09 Å². The van der Waals surface area contributed by atoms with Gasteiger partial charge in [0, 0.05) is 0 Å². The van der Waals surface area contributed by atoms with E-state index in [0.717, 1.165) is 16.0 Å². The normalized spacial score (nSPS) is 18.5. The van der Waals surface area contributed by atoms with E-state index in [4.69, 9.17) is 4.74 Å². The molecule has 6 nitrogen and oxygen atoms in total. The van der Waals surface area contributed by atoms with Gasteiger partial charge in [0.2, 0.25) is 5.91 Å². The predicted octanol–water partition coefficient (Wildman–Crippen LogP) is 2.69. The third kappa shape index (κ3) is 3.35. The molecule has 2 fully saturated rings. The Morgan fingerprint density at radius 1 is 1.11 bits per heavy atom. The lowest BCUT2D eigenvalue weighted by Crippen LogP contribution is -2.43. The van der Waals surface area contributed by atoms with Crippen molar-refractivity contribution in [3.8, 4) is 0 Å². The highest BCUT2D eigenvalue weighted by molar-refractivity contribution is 5.98. The maximum Gasteiger partial charge on any atom is 0.417 e. The highest BCUT2D eigenvalue weighted by Crippen LogP contribution is 2.48. The first-order valence-electron chi connectivity index (χ1n) is 9.09. The van der Waals surface area contributed by atoms with E-state index in [1.54, 1.807) is 12.1 Å².